The second kappa shape index (κ2) is 5.02. The van der Waals surface area contributed by atoms with Gasteiger partial charge >= 0.3 is 0 Å². The number of hydrogen-bond donors (Lipinski definition) is 1. The van der Waals surface area contributed by atoms with Crippen molar-refractivity contribution in [3.05, 3.63) is 35.7 Å². The number of rotatable bonds is 3. The van der Waals surface area contributed by atoms with E-state index in [-0.39, 0.29) is 5.28 Å². The Morgan fingerprint density at radius 3 is 2.65 bits per heavy atom. The Balaban J connectivity index is 2.10. The molecule has 0 bridgehead atoms. The van der Waals surface area contributed by atoms with Gasteiger partial charge in [0.1, 0.15) is 0 Å². The average Bonchev–Trinajstić information content (AvgIpc) is 2.89. The molecule has 0 aliphatic rings. The molecular formula is C14H12ClN3O2. The van der Waals surface area contributed by atoms with E-state index in [1.54, 1.807) is 20.4 Å². The first-order valence-electron chi connectivity index (χ1n) is 5.95. The molecule has 6 heteroatoms. The Morgan fingerprint density at radius 2 is 1.90 bits per heavy atom. The standard InChI is InChI=1S/C14H12ClN3O2/c1-19-12-4-3-8(5-13(12)20-2)9-6-10-11(17-9)7-16-14(15)18-10/h3-7,17H,1-2H3. The molecule has 0 saturated heterocycles. The van der Waals surface area contributed by atoms with Gasteiger partial charge in [0.25, 0.3) is 0 Å². The van der Waals surface area contributed by atoms with Crippen LogP contribution in [0.25, 0.3) is 22.3 Å². The van der Waals surface area contributed by atoms with Crippen molar-refractivity contribution >= 4 is 22.6 Å². The van der Waals surface area contributed by atoms with Gasteiger partial charge in [-0.2, -0.15) is 0 Å². The largest absolute Gasteiger partial charge is 0.493 e. The van der Waals surface area contributed by atoms with Crippen molar-refractivity contribution in [2.45, 2.75) is 0 Å². The molecular weight excluding hydrogens is 278 g/mol. The molecule has 102 valence electrons. The fourth-order valence-corrected chi connectivity index (χ4v) is 2.20. The molecule has 0 spiro atoms. The number of benzene rings is 1. The van der Waals surface area contributed by atoms with Gasteiger partial charge in [0.2, 0.25) is 5.28 Å². The van der Waals surface area contributed by atoms with Gasteiger partial charge in [-0.3, -0.25) is 0 Å². The number of hydrogen-bond acceptors (Lipinski definition) is 4. The van der Waals surface area contributed by atoms with Gasteiger partial charge in [-0.1, -0.05) is 0 Å². The summed E-state index contributed by atoms with van der Waals surface area (Å²) in [5.74, 6) is 1.36. The lowest BCUT2D eigenvalue weighted by atomic mass is 10.1. The van der Waals surface area contributed by atoms with Gasteiger partial charge in [0, 0.05) is 11.3 Å². The first-order valence-corrected chi connectivity index (χ1v) is 6.32. The summed E-state index contributed by atoms with van der Waals surface area (Å²) < 4.78 is 10.5. The van der Waals surface area contributed by atoms with E-state index in [9.17, 15) is 0 Å². The number of H-pyrrole nitrogens is 1. The SMILES string of the molecule is COc1ccc(-c2cc3nc(Cl)ncc3[nH]2)cc1OC. The summed E-state index contributed by atoms with van der Waals surface area (Å²) in [5, 5.41) is 0.232. The molecule has 0 unspecified atom stereocenters. The zero-order chi connectivity index (χ0) is 14.1. The maximum atomic E-state index is 5.79. The minimum absolute atomic E-state index is 0.232. The van der Waals surface area contributed by atoms with Crippen molar-refractivity contribution in [3.8, 4) is 22.8 Å². The molecule has 0 amide bonds. The van der Waals surface area contributed by atoms with Gasteiger partial charge in [-0.25, -0.2) is 9.97 Å². The monoisotopic (exact) mass is 289 g/mol. The summed E-state index contributed by atoms with van der Waals surface area (Å²) in [4.78, 5) is 11.4. The van der Waals surface area contributed by atoms with E-state index >= 15 is 0 Å². The molecule has 0 fully saturated rings. The highest BCUT2D eigenvalue weighted by molar-refractivity contribution is 6.28. The molecule has 0 aliphatic heterocycles. The number of fused-ring (bicyclic) bond motifs is 1. The fraction of sp³-hybridized carbons (Fsp3) is 0.143. The minimum atomic E-state index is 0.232. The lowest BCUT2D eigenvalue weighted by molar-refractivity contribution is 0.355. The molecule has 0 radical (unpaired) electrons. The van der Waals surface area contributed by atoms with Crippen molar-refractivity contribution in [3.63, 3.8) is 0 Å². The van der Waals surface area contributed by atoms with E-state index < -0.39 is 0 Å². The van der Waals surface area contributed by atoms with Crippen LogP contribution >= 0.6 is 11.6 Å². The van der Waals surface area contributed by atoms with Crippen LogP contribution in [0.2, 0.25) is 5.28 Å². The van der Waals surface area contributed by atoms with E-state index in [1.807, 2.05) is 24.3 Å². The van der Waals surface area contributed by atoms with E-state index in [0.717, 1.165) is 22.3 Å². The topological polar surface area (TPSA) is 60.0 Å². The van der Waals surface area contributed by atoms with E-state index in [4.69, 9.17) is 21.1 Å². The van der Waals surface area contributed by atoms with Crippen LogP contribution in [0.1, 0.15) is 0 Å². The summed E-state index contributed by atoms with van der Waals surface area (Å²) in [6.45, 7) is 0. The Hall–Kier alpha value is -2.27. The van der Waals surface area contributed by atoms with Crippen LogP contribution in [0.5, 0.6) is 11.5 Å². The quantitative estimate of drug-likeness (QED) is 0.752. The van der Waals surface area contributed by atoms with Gasteiger partial charge in [0.05, 0.1) is 31.4 Å². The molecule has 0 atom stereocenters. The van der Waals surface area contributed by atoms with Crippen molar-refractivity contribution in [1.29, 1.82) is 0 Å². The second-order valence-corrected chi connectivity index (χ2v) is 4.53. The highest BCUT2D eigenvalue weighted by atomic mass is 35.5. The third kappa shape index (κ3) is 2.16. The van der Waals surface area contributed by atoms with Gasteiger partial charge in [-0.05, 0) is 35.9 Å². The number of ether oxygens (including phenoxy) is 2. The summed E-state index contributed by atoms with van der Waals surface area (Å²) >= 11 is 5.79. The molecule has 1 N–H and O–H groups in total. The molecule has 0 saturated carbocycles. The van der Waals surface area contributed by atoms with Gasteiger partial charge in [0.15, 0.2) is 11.5 Å². The summed E-state index contributed by atoms with van der Waals surface area (Å²) in [6.07, 6.45) is 1.66. The average molecular weight is 290 g/mol. The molecule has 1 aromatic carbocycles. The van der Waals surface area contributed by atoms with E-state index in [1.165, 1.54) is 0 Å². The Kier molecular flexibility index (Phi) is 3.20. The molecule has 0 aliphatic carbocycles. The van der Waals surface area contributed by atoms with Crippen LogP contribution in [-0.4, -0.2) is 29.2 Å². The summed E-state index contributed by atoms with van der Waals surface area (Å²) in [7, 11) is 3.22. The number of aromatic nitrogens is 3. The number of halogens is 1. The highest BCUT2D eigenvalue weighted by Gasteiger charge is 2.09. The lowest BCUT2D eigenvalue weighted by Gasteiger charge is -2.08. The summed E-state index contributed by atoms with van der Waals surface area (Å²) in [5.41, 5.74) is 3.49. The number of nitrogens with one attached hydrogen (secondary N) is 1. The van der Waals surface area contributed by atoms with Crippen LogP contribution in [0, 0.1) is 0 Å². The van der Waals surface area contributed by atoms with Crippen LogP contribution in [-0.2, 0) is 0 Å². The maximum Gasteiger partial charge on any atom is 0.223 e. The maximum absolute atomic E-state index is 5.79. The summed E-state index contributed by atoms with van der Waals surface area (Å²) in [6, 6.07) is 7.63. The first kappa shape index (κ1) is 12.7. The van der Waals surface area contributed by atoms with Gasteiger partial charge < -0.3 is 14.5 Å². The van der Waals surface area contributed by atoms with Crippen LogP contribution in [0.15, 0.2) is 30.5 Å². The Morgan fingerprint density at radius 1 is 1.10 bits per heavy atom. The zero-order valence-corrected chi connectivity index (χ0v) is 11.7. The van der Waals surface area contributed by atoms with Crippen LogP contribution < -0.4 is 9.47 Å². The zero-order valence-electron chi connectivity index (χ0n) is 11.0. The van der Waals surface area contributed by atoms with Crippen molar-refractivity contribution in [2.24, 2.45) is 0 Å². The molecule has 3 rings (SSSR count). The van der Waals surface area contributed by atoms with E-state index in [0.29, 0.717) is 11.5 Å². The first-order chi connectivity index (χ1) is 9.71. The molecule has 20 heavy (non-hydrogen) atoms. The highest BCUT2D eigenvalue weighted by Crippen LogP contribution is 2.32. The fourth-order valence-electron chi connectivity index (χ4n) is 2.06. The van der Waals surface area contributed by atoms with Crippen molar-refractivity contribution in [1.82, 2.24) is 15.0 Å². The Labute approximate surface area is 120 Å². The predicted octanol–water partition coefficient (Wildman–Crippen LogP) is 3.30. The van der Waals surface area contributed by atoms with Gasteiger partial charge in [-0.15, -0.1) is 0 Å². The number of methoxy groups -OCH3 is 2. The van der Waals surface area contributed by atoms with Crippen LogP contribution in [0.3, 0.4) is 0 Å². The van der Waals surface area contributed by atoms with E-state index in [2.05, 4.69) is 15.0 Å². The number of nitrogens with zero attached hydrogens (tertiary/aromatic N) is 2. The van der Waals surface area contributed by atoms with Crippen LogP contribution in [0.4, 0.5) is 0 Å². The Bertz CT molecular complexity index is 770. The third-order valence-corrected chi connectivity index (χ3v) is 3.22. The predicted molar refractivity (Wildman–Crippen MR) is 77.4 cm³/mol. The van der Waals surface area contributed by atoms with Crippen molar-refractivity contribution in [2.75, 3.05) is 14.2 Å². The number of aromatic amines is 1. The third-order valence-electron chi connectivity index (χ3n) is 3.03. The molecule has 2 heterocycles. The lowest BCUT2D eigenvalue weighted by Crippen LogP contribution is -1.90. The van der Waals surface area contributed by atoms with Crippen molar-refractivity contribution < 1.29 is 9.47 Å². The molecule has 3 aromatic rings. The molecule has 5 nitrogen and oxygen atoms in total. The second-order valence-electron chi connectivity index (χ2n) is 4.19. The normalized spacial score (nSPS) is 10.8. The smallest absolute Gasteiger partial charge is 0.223 e. The minimum Gasteiger partial charge on any atom is -0.493 e. The molecule has 2 aromatic heterocycles.